The van der Waals surface area contributed by atoms with Crippen molar-refractivity contribution in [3.63, 3.8) is 0 Å². The molecular formula is C23H28BrN3O2. The van der Waals surface area contributed by atoms with Crippen LogP contribution in [-0.2, 0) is 9.53 Å². The van der Waals surface area contributed by atoms with E-state index in [1.165, 1.54) is 17.7 Å². The molecule has 0 bridgehead atoms. The van der Waals surface area contributed by atoms with E-state index in [0.29, 0.717) is 12.5 Å². The molecule has 4 rings (SSSR count). The first-order chi connectivity index (χ1) is 14.2. The molecule has 29 heavy (non-hydrogen) atoms. The fourth-order valence-electron chi connectivity index (χ4n) is 4.23. The van der Waals surface area contributed by atoms with Crippen molar-refractivity contribution in [2.45, 2.75) is 25.3 Å². The molecule has 1 atom stereocenters. The van der Waals surface area contributed by atoms with E-state index >= 15 is 0 Å². The van der Waals surface area contributed by atoms with Gasteiger partial charge in [-0.3, -0.25) is 9.69 Å². The molecule has 154 valence electrons. The lowest BCUT2D eigenvalue weighted by Crippen LogP contribution is -2.36. The summed E-state index contributed by atoms with van der Waals surface area (Å²) in [5, 5.41) is 3.04. The minimum Gasteiger partial charge on any atom is -0.378 e. The summed E-state index contributed by atoms with van der Waals surface area (Å²) in [7, 11) is 0. The van der Waals surface area contributed by atoms with Crippen LogP contribution in [0.4, 0.5) is 11.4 Å². The summed E-state index contributed by atoms with van der Waals surface area (Å²) in [5.41, 5.74) is 3.37. The number of carbonyl (C=O) groups is 1. The summed E-state index contributed by atoms with van der Waals surface area (Å²) < 4.78 is 6.51. The predicted molar refractivity (Wildman–Crippen MR) is 120 cm³/mol. The highest BCUT2D eigenvalue weighted by atomic mass is 79.9. The summed E-state index contributed by atoms with van der Waals surface area (Å²) in [4.78, 5) is 17.2. The van der Waals surface area contributed by atoms with Gasteiger partial charge in [-0.2, -0.15) is 0 Å². The zero-order valence-corrected chi connectivity index (χ0v) is 18.2. The zero-order chi connectivity index (χ0) is 20.1. The van der Waals surface area contributed by atoms with Crippen LogP contribution in [0.5, 0.6) is 0 Å². The summed E-state index contributed by atoms with van der Waals surface area (Å²) >= 11 is 3.57. The lowest BCUT2D eigenvalue weighted by atomic mass is 10.0. The molecule has 0 spiro atoms. The minimum absolute atomic E-state index is 0.0732. The molecule has 0 radical (unpaired) electrons. The van der Waals surface area contributed by atoms with E-state index < -0.39 is 0 Å². The van der Waals surface area contributed by atoms with Gasteiger partial charge < -0.3 is 15.0 Å². The van der Waals surface area contributed by atoms with Gasteiger partial charge in [0.2, 0.25) is 5.91 Å². The van der Waals surface area contributed by atoms with Crippen molar-refractivity contribution in [1.29, 1.82) is 0 Å². The number of rotatable bonds is 6. The molecule has 6 heteroatoms. The van der Waals surface area contributed by atoms with E-state index in [9.17, 15) is 4.79 Å². The highest BCUT2D eigenvalue weighted by molar-refractivity contribution is 9.10. The Morgan fingerprint density at radius 2 is 1.90 bits per heavy atom. The maximum atomic E-state index is 12.5. The van der Waals surface area contributed by atoms with Crippen LogP contribution in [0, 0.1) is 0 Å². The molecule has 2 aliphatic rings. The number of anilines is 2. The standard InChI is InChI=1S/C23H28BrN3O2/c24-19-4-1-3-18(17-19)22-5-2-11-27(22)12-10-23(28)25-20-6-8-21(9-7-20)26-13-15-29-16-14-26/h1,3-4,6-9,17,22H,2,5,10-16H2,(H,25,28). The zero-order valence-electron chi connectivity index (χ0n) is 16.6. The Morgan fingerprint density at radius 1 is 1.10 bits per heavy atom. The number of benzene rings is 2. The monoisotopic (exact) mass is 457 g/mol. The second kappa shape index (κ2) is 9.74. The molecule has 1 amide bonds. The van der Waals surface area contributed by atoms with E-state index in [4.69, 9.17) is 4.74 Å². The molecule has 2 fully saturated rings. The van der Waals surface area contributed by atoms with Crippen LogP contribution in [0.1, 0.15) is 30.9 Å². The van der Waals surface area contributed by atoms with Gasteiger partial charge in [0.15, 0.2) is 0 Å². The minimum atomic E-state index is 0.0732. The highest BCUT2D eigenvalue weighted by Gasteiger charge is 2.26. The number of carbonyl (C=O) groups excluding carboxylic acids is 1. The first-order valence-corrected chi connectivity index (χ1v) is 11.2. The second-order valence-electron chi connectivity index (χ2n) is 7.69. The van der Waals surface area contributed by atoms with Gasteiger partial charge in [0, 0.05) is 47.9 Å². The van der Waals surface area contributed by atoms with Gasteiger partial charge in [-0.1, -0.05) is 28.1 Å². The lowest BCUT2D eigenvalue weighted by Gasteiger charge is -2.29. The number of amides is 1. The number of halogens is 1. The number of nitrogens with zero attached hydrogens (tertiary/aromatic N) is 2. The molecule has 1 N–H and O–H groups in total. The van der Waals surface area contributed by atoms with Crippen LogP contribution in [0.25, 0.3) is 0 Å². The van der Waals surface area contributed by atoms with Crippen LogP contribution in [-0.4, -0.2) is 50.2 Å². The quantitative estimate of drug-likeness (QED) is 0.695. The largest absolute Gasteiger partial charge is 0.378 e. The predicted octanol–water partition coefficient (Wildman–Crippen LogP) is 4.45. The van der Waals surface area contributed by atoms with Crippen molar-refractivity contribution in [2.75, 3.05) is 49.6 Å². The third kappa shape index (κ3) is 5.38. The van der Waals surface area contributed by atoms with E-state index in [2.05, 4.69) is 67.4 Å². The van der Waals surface area contributed by atoms with Gasteiger partial charge in [0.1, 0.15) is 0 Å². The Labute approximate surface area is 181 Å². The van der Waals surface area contributed by atoms with E-state index in [1.807, 2.05) is 12.1 Å². The lowest BCUT2D eigenvalue weighted by molar-refractivity contribution is -0.116. The second-order valence-corrected chi connectivity index (χ2v) is 8.61. The third-order valence-corrected chi connectivity index (χ3v) is 6.24. The fraction of sp³-hybridized carbons (Fsp3) is 0.435. The summed E-state index contributed by atoms with van der Waals surface area (Å²) in [6.07, 6.45) is 2.85. The number of likely N-dealkylation sites (tertiary alicyclic amines) is 1. The molecule has 2 saturated heterocycles. The van der Waals surface area contributed by atoms with E-state index in [-0.39, 0.29) is 5.91 Å². The number of ether oxygens (including phenoxy) is 1. The van der Waals surface area contributed by atoms with E-state index in [1.54, 1.807) is 0 Å². The van der Waals surface area contributed by atoms with Crippen molar-refractivity contribution < 1.29 is 9.53 Å². The number of morpholine rings is 1. The molecule has 2 aliphatic heterocycles. The molecule has 0 saturated carbocycles. The first-order valence-electron chi connectivity index (χ1n) is 10.4. The van der Waals surface area contributed by atoms with Gasteiger partial charge in [-0.05, 0) is 61.3 Å². The SMILES string of the molecule is O=C(CCN1CCCC1c1cccc(Br)c1)Nc1ccc(N2CCOCC2)cc1. The molecule has 2 heterocycles. The Balaban J connectivity index is 1.28. The van der Waals surface area contributed by atoms with E-state index in [0.717, 1.165) is 56.0 Å². The summed E-state index contributed by atoms with van der Waals surface area (Å²) in [5.74, 6) is 0.0732. The van der Waals surface area contributed by atoms with Crippen molar-refractivity contribution in [2.24, 2.45) is 0 Å². The van der Waals surface area contributed by atoms with Gasteiger partial charge in [0.05, 0.1) is 13.2 Å². The summed E-state index contributed by atoms with van der Waals surface area (Å²) in [6, 6.07) is 17.1. The van der Waals surface area contributed by atoms with Gasteiger partial charge in [-0.15, -0.1) is 0 Å². The average Bonchev–Trinajstić information content (AvgIpc) is 3.22. The van der Waals surface area contributed by atoms with Crippen molar-refractivity contribution in [1.82, 2.24) is 4.90 Å². The fourth-order valence-corrected chi connectivity index (χ4v) is 4.65. The van der Waals surface area contributed by atoms with Gasteiger partial charge >= 0.3 is 0 Å². The number of nitrogens with one attached hydrogen (secondary N) is 1. The Kier molecular flexibility index (Phi) is 6.85. The van der Waals surface area contributed by atoms with Crippen molar-refractivity contribution in [3.05, 3.63) is 58.6 Å². The molecule has 2 aromatic rings. The van der Waals surface area contributed by atoms with Gasteiger partial charge in [0.25, 0.3) is 0 Å². The first kappa shape index (κ1) is 20.4. The van der Waals surface area contributed by atoms with Crippen LogP contribution < -0.4 is 10.2 Å². The summed E-state index contributed by atoms with van der Waals surface area (Å²) in [6.45, 7) is 5.22. The van der Waals surface area contributed by atoms with Crippen LogP contribution in [0.3, 0.4) is 0 Å². The van der Waals surface area contributed by atoms with Crippen molar-refractivity contribution in [3.8, 4) is 0 Å². The van der Waals surface area contributed by atoms with Crippen molar-refractivity contribution >= 4 is 33.2 Å². The smallest absolute Gasteiger partial charge is 0.225 e. The molecule has 1 unspecified atom stereocenters. The number of hydrogen-bond acceptors (Lipinski definition) is 4. The molecule has 2 aromatic carbocycles. The van der Waals surface area contributed by atoms with Crippen LogP contribution in [0.2, 0.25) is 0 Å². The van der Waals surface area contributed by atoms with Crippen LogP contribution >= 0.6 is 15.9 Å². The maximum absolute atomic E-state index is 12.5. The van der Waals surface area contributed by atoms with Gasteiger partial charge in [-0.25, -0.2) is 0 Å². The van der Waals surface area contributed by atoms with Crippen LogP contribution in [0.15, 0.2) is 53.0 Å². The number of hydrogen-bond donors (Lipinski definition) is 1. The Hall–Kier alpha value is -1.89. The topological polar surface area (TPSA) is 44.8 Å². The average molecular weight is 458 g/mol. The third-order valence-electron chi connectivity index (χ3n) is 5.75. The Morgan fingerprint density at radius 3 is 2.66 bits per heavy atom. The highest BCUT2D eigenvalue weighted by Crippen LogP contribution is 2.33. The molecule has 0 aliphatic carbocycles. The molecule has 0 aromatic heterocycles. The maximum Gasteiger partial charge on any atom is 0.225 e. The normalized spacial score (nSPS) is 20.0. The molecular weight excluding hydrogens is 430 g/mol. The molecule has 5 nitrogen and oxygen atoms in total. The Bertz CT molecular complexity index is 821.